The van der Waals surface area contributed by atoms with Crippen molar-refractivity contribution < 1.29 is 19.4 Å². The van der Waals surface area contributed by atoms with E-state index >= 15 is 0 Å². The van der Waals surface area contributed by atoms with Crippen molar-refractivity contribution in [1.29, 1.82) is 0 Å². The lowest BCUT2D eigenvalue weighted by Crippen LogP contribution is -2.12. The standard InChI is InChI=1S/C19H20BrNO4/c1-12(2)9-10-25-17-8-5-14(11-16(17)20)18(22)21-15-6-3-13(4-7-15)19(23)24/h3-8,11-12H,9-10H2,1-2H3,(H,21,22)(H,23,24). The second kappa shape index (κ2) is 8.67. The number of hydrogen-bond acceptors (Lipinski definition) is 3. The van der Waals surface area contributed by atoms with Crippen LogP contribution in [0.5, 0.6) is 5.75 Å². The molecular formula is C19H20BrNO4. The van der Waals surface area contributed by atoms with E-state index in [2.05, 4.69) is 35.1 Å². The number of carbonyl (C=O) groups is 2. The number of carboxylic acid groups (broad SMARTS) is 1. The van der Waals surface area contributed by atoms with Gasteiger partial charge in [0.25, 0.3) is 5.91 Å². The highest BCUT2D eigenvalue weighted by Gasteiger charge is 2.10. The van der Waals surface area contributed by atoms with Crippen molar-refractivity contribution in [3.05, 3.63) is 58.1 Å². The van der Waals surface area contributed by atoms with E-state index < -0.39 is 5.97 Å². The Morgan fingerprint density at radius 3 is 2.32 bits per heavy atom. The van der Waals surface area contributed by atoms with Crippen LogP contribution in [0.3, 0.4) is 0 Å². The maximum Gasteiger partial charge on any atom is 0.335 e. The van der Waals surface area contributed by atoms with Crippen LogP contribution < -0.4 is 10.1 Å². The first-order chi connectivity index (χ1) is 11.9. The van der Waals surface area contributed by atoms with E-state index in [1.165, 1.54) is 12.1 Å². The molecule has 0 aromatic heterocycles. The van der Waals surface area contributed by atoms with Crippen LogP contribution in [-0.2, 0) is 0 Å². The summed E-state index contributed by atoms with van der Waals surface area (Å²) in [6.45, 7) is 4.89. The van der Waals surface area contributed by atoms with Gasteiger partial charge in [0.15, 0.2) is 0 Å². The van der Waals surface area contributed by atoms with Gasteiger partial charge in [0, 0.05) is 11.3 Å². The van der Waals surface area contributed by atoms with Gasteiger partial charge in [-0.25, -0.2) is 4.79 Å². The second-order valence-electron chi connectivity index (χ2n) is 6.01. The summed E-state index contributed by atoms with van der Waals surface area (Å²) in [6.07, 6.45) is 0.959. The SMILES string of the molecule is CC(C)CCOc1ccc(C(=O)Nc2ccc(C(=O)O)cc2)cc1Br. The molecule has 25 heavy (non-hydrogen) atoms. The molecule has 0 aliphatic carbocycles. The Kier molecular flexibility index (Phi) is 6.58. The third kappa shape index (κ3) is 5.60. The molecular weight excluding hydrogens is 386 g/mol. The molecule has 0 unspecified atom stereocenters. The van der Waals surface area contributed by atoms with Crippen molar-refractivity contribution in [3.63, 3.8) is 0 Å². The zero-order chi connectivity index (χ0) is 18.4. The Labute approximate surface area is 155 Å². The van der Waals surface area contributed by atoms with E-state index in [9.17, 15) is 9.59 Å². The molecule has 2 aromatic carbocycles. The van der Waals surface area contributed by atoms with Crippen LogP contribution in [-0.4, -0.2) is 23.6 Å². The highest BCUT2D eigenvalue weighted by molar-refractivity contribution is 9.10. The van der Waals surface area contributed by atoms with Crippen LogP contribution in [0.2, 0.25) is 0 Å². The molecule has 0 aliphatic heterocycles. The topological polar surface area (TPSA) is 75.6 Å². The second-order valence-corrected chi connectivity index (χ2v) is 6.87. The van der Waals surface area contributed by atoms with Gasteiger partial charge >= 0.3 is 5.97 Å². The summed E-state index contributed by atoms with van der Waals surface area (Å²) in [7, 11) is 0. The molecule has 0 radical (unpaired) electrons. The molecule has 2 rings (SSSR count). The van der Waals surface area contributed by atoms with Gasteiger partial charge in [-0.15, -0.1) is 0 Å². The molecule has 0 saturated heterocycles. The van der Waals surface area contributed by atoms with Gasteiger partial charge in [-0.3, -0.25) is 4.79 Å². The summed E-state index contributed by atoms with van der Waals surface area (Å²) < 4.78 is 6.42. The summed E-state index contributed by atoms with van der Waals surface area (Å²) >= 11 is 3.42. The molecule has 132 valence electrons. The fourth-order valence-electron chi connectivity index (χ4n) is 2.06. The number of ether oxygens (including phenoxy) is 1. The molecule has 6 heteroatoms. The Hall–Kier alpha value is -2.34. The first kappa shape index (κ1) is 19.0. The molecule has 0 bridgehead atoms. The summed E-state index contributed by atoms with van der Waals surface area (Å²) in [5, 5.41) is 11.6. The van der Waals surface area contributed by atoms with Gasteiger partial charge in [-0.1, -0.05) is 13.8 Å². The Morgan fingerprint density at radius 1 is 1.12 bits per heavy atom. The van der Waals surface area contributed by atoms with Crippen LogP contribution in [0.15, 0.2) is 46.9 Å². The average molecular weight is 406 g/mol. The predicted molar refractivity (Wildman–Crippen MR) is 100 cm³/mol. The number of anilines is 1. The van der Waals surface area contributed by atoms with Gasteiger partial charge in [0.05, 0.1) is 16.6 Å². The van der Waals surface area contributed by atoms with E-state index in [1.807, 2.05) is 0 Å². The third-order valence-corrected chi connectivity index (χ3v) is 4.16. The van der Waals surface area contributed by atoms with E-state index in [0.717, 1.165) is 6.42 Å². The molecule has 0 heterocycles. The molecule has 2 aromatic rings. The first-order valence-electron chi connectivity index (χ1n) is 7.94. The molecule has 0 fully saturated rings. The predicted octanol–water partition coefficient (Wildman–Crippen LogP) is 4.82. The number of benzene rings is 2. The number of halogens is 1. The lowest BCUT2D eigenvalue weighted by atomic mass is 10.1. The van der Waals surface area contributed by atoms with Crippen LogP contribution in [0.4, 0.5) is 5.69 Å². The van der Waals surface area contributed by atoms with E-state index in [0.29, 0.717) is 34.0 Å². The number of carbonyl (C=O) groups excluding carboxylic acids is 1. The van der Waals surface area contributed by atoms with Gasteiger partial charge in [0.2, 0.25) is 0 Å². The van der Waals surface area contributed by atoms with E-state index in [-0.39, 0.29) is 11.5 Å². The van der Waals surface area contributed by atoms with Crippen molar-refractivity contribution in [2.75, 3.05) is 11.9 Å². The van der Waals surface area contributed by atoms with E-state index in [1.54, 1.807) is 30.3 Å². The van der Waals surface area contributed by atoms with Gasteiger partial charge in [0.1, 0.15) is 5.75 Å². The number of nitrogens with one attached hydrogen (secondary N) is 1. The van der Waals surface area contributed by atoms with E-state index in [4.69, 9.17) is 9.84 Å². The number of amides is 1. The smallest absolute Gasteiger partial charge is 0.335 e. The molecule has 5 nitrogen and oxygen atoms in total. The Morgan fingerprint density at radius 2 is 1.76 bits per heavy atom. The Balaban J connectivity index is 2.01. The highest BCUT2D eigenvalue weighted by Crippen LogP contribution is 2.27. The quantitative estimate of drug-likeness (QED) is 0.691. The molecule has 0 aliphatic rings. The largest absolute Gasteiger partial charge is 0.492 e. The lowest BCUT2D eigenvalue weighted by molar-refractivity contribution is 0.0696. The number of rotatable bonds is 7. The Bertz CT molecular complexity index is 757. The summed E-state index contributed by atoms with van der Waals surface area (Å²) in [4.78, 5) is 23.1. The van der Waals surface area contributed by atoms with Crippen LogP contribution in [0.25, 0.3) is 0 Å². The highest BCUT2D eigenvalue weighted by atomic mass is 79.9. The summed E-state index contributed by atoms with van der Waals surface area (Å²) in [5.41, 5.74) is 1.18. The minimum Gasteiger partial charge on any atom is -0.492 e. The molecule has 2 N–H and O–H groups in total. The maximum absolute atomic E-state index is 12.3. The zero-order valence-corrected chi connectivity index (χ0v) is 15.7. The van der Waals surface area contributed by atoms with Gasteiger partial charge in [-0.05, 0) is 70.7 Å². The van der Waals surface area contributed by atoms with Gasteiger partial charge in [-0.2, -0.15) is 0 Å². The fraction of sp³-hybridized carbons (Fsp3) is 0.263. The lowest BCUT2D eigenvalue weighted by Gasteiger charge is -2.11. The average Bonchev–Trinajstić information content (AvgIpc) is 2.56. The van der Waals surface area contributed by atoms with Crippen LogP contribution in [0, 0.1) is 5.92 Å². The monoisotopic (exact) mass is 405 g/mol. The third-order valence-electron chi connectivity index (χ3n) is 3.54. The molecule has 1 amide bonds. The van der Waals surface area contributed by atoms with Crippen LogP contribution in [0.1, 0.15) is 41.0 Å². The van der Waals surface area contributed by atoms with Crippen molar-refractivity contribution >= 4 is 33.5 Å². The number of hydrogen-bond donors (Lipinski definition) is 2. The van der Waals surface area contributed by atoms with Crippen molar-refractivity contribution in [1.82, 2.24) is 0 Å². The fourth-order valence-corrected chi connectivity index (χ4v) is 2.56. The first-order valence-corrected chi connectivity index (χ1v) is 8.73. The summed E-state index contributed by atoms with van der Waals surface area (Å²) in [6, 6.07) is 11.1. The zero-order valence-electron chi connectivity index (χ0n) is 14.1. The summed E-state index contributed by atoms with van der Waals surface area (Å²) in [5.74, 6) is -0.0216. The normalized spacial score (nSPS) is 10.6. The van der Waals surface area contributed by atoms with Crippen molar-refractivity contribution in [2.45, 2.75) is 20.3 Å². The molecule has 0 atom stereocenters. The molecule has 0 saturated carbocycles. The van der Waals surface area contributed by atoms with Gasteiger partial charge < -0.3 is 15.2 Å². The number of carboxylic acids is 1. The van der Waals surface area contributed by atoms with Crippen molar-refractivity contribution in [3.8, 4) is 5.75 Å². The number of aromatic carboxylic acids is 1. The van der Waals surface area contributed by atoms with Crippen LogP contribution >= 0.6 is 15.9 Å². The molecule has 0 spiro atoms. The minimum absolute atomic E-state index is 0.170. The maximum atomic E-state index is 12.3. The van der Waals surface area contributed by atoms with Crippen molar-refractivity contribution in [2.24, 2.45) is 5.92 Å². The minimum atomic E-state index is -1.00.